The summed E-state index contributed by atoms with van der Waals surface area (Å²) >= 11 is 0. The molecule has 0 radical (unpaired) electrons. The van der Waals surface area contributed by atoms with E-state index in [1.165, 1.54) is 0 Å². The number of hydrogen-bond acceptors (Lipinski definition) is 3. The number of likely N-dealkylation sites (tertiary alicyclic amines) is 1. The minimum absolute atomic E-state index is 0.388. The first-order valence-electron chi connectivity index (χ1n) is 8.45. The Bertz CT molecular complexity index is 672. The molecule has 2 aromatic rings. The third-order valence-corrected chi connectivity index (χ3v) is 4.48. The second kappa shape index (κ2) is 7.97. The lowest BCUT2D eigenvalue weighted by Crippen LogP contribution is -2.44. The zero-order valence-corrected chi connectivity index (χ0v) is 13.7. The van der Waals surface area contributed by atoms with Gasteiger partial charge in [-0.15, -0.1) is 0 Å². The number of piperidine rings is 1. The molecule has 1 aliphatic rings. The molecule has 1 atom stereocenters. The van der Waals surface area contributed by atoms with Crippen LogP contribution in [0.5, 0.6) is 5.75 Å². The third-order valence-electron chi connectivity index (χ3n) is 4.48. The molecule has 0 aromatic heterocycles. The molecule has 1 saturated heterocycles. The molecule has 3 rings (SSSR count). The lowest BCUT2D eigenvalue weighted by atomic mass is 10.0. The summed E-state index contributed by atoms with van der Waals surface area (Å²) in [6.45, 7) is 1.95. The Kier molecular flexibility index (Phi) is 5.49. The number of carboxylic acid groups (broad SMARTS) is 1. The van der Waals surface area contributed by atoms with Crippen molar-refractivity contribution in [3.63, 3.8) is 0 Å². The number of nitrogens with zero attached hydrogens (tertiary/aromatic N) is 1. The van der Waals surface area contributed by atoms with Gasteiger partial charge in [0.1, 0.15) is 18.4 Å². The minimum Gasteiger partial charge on any atom is -0.489 e. The highest BCUT2D eigenvalue weighted by molar-refractivity contribution is 5.73. The highest BCUT2D eigenvalue weighted by atomic mass is 16.5. The molecule has 126 valence electrons. The van der Waals surface area contributed by atoms with Crippen LogP contribution in [0.25, 0.3) is 0 Å². The van der Waals surface area contributed by atoms with Crippen LogP contribution in [0, 0.1) is 0 Å². The van der Waals surface area contributed by atoms with Crippen molar-refractivity contribution in [3.05, 3.63) is 65.7 Å². The molecule has 4 nitrogen and oxygen atoms in total. The summed E-state index contributed by atoms with van der Waals surface area (Å²) in [5.41, 5.74) is 2.16. The second-order valence-corrected chi connectivity index (χ2v) is 6.20. The van der Waals surface area contributed by atoms with E-state index in [1.54, 1.807) is 0 Å². The van der Waals surface area contributed by atoms with Gasteiger partial charge in [0.25, 0.3) is 0 Å². The predicted molar refractivity (Wildman–Crippen MR) is 92.9 cm³/mol. The molecular weight excluding hydrogens is 302 g/mol. The highest BCUT2D eigenvalue weighted by Gasteiger charge is 2.28. The summed E-state index contributed by atoms with van der Waals surface area (Å²) < 4.78 is 5.99. The van der Waals surface area contributed by atoms with Gasteiger partial charge in [-0.25, -0.2) is 0 Å². The Morgan fingerprint density at radius 3 is 2.62 bits per heavy atom. The van der Waals surface area contributed by atoms with E-state index < -0.39 is 5.97 Å². The van der Waals surface area contributed by atoms with Crippen LogP contribution < -0.4 is 4.74 Å². The largest absolute Gasteiger partial charge is 0.489 e. The summed E-state index contributed by atoms with van der Waals surface area (Å²) in [5, 5.41) is 9.44. The normalized spacial score (nSPS) is 18.2. The van der Waals surface area contributed by atoms with Crippen molar-refractivity contribution in [2.45, 2.75) is 38.5 Å². The lowest BCUT2D eigenvalue weighted by Gasteiger charge is -2.33. The molecule has 0 spiro atoms. The van der Waals surface area contributed by atoms with E-state index >= 15 is 0 Å². The lowest BCUT2D eigenvalue weighted by molar-refractivity contribution is -0.144. The van der Waals surface area contributed by atoms with E-state index in [1.807, 2.05) is 54.6 Å². The van der Waals surface area contributed by atoms with Crippen LogP contribution in [0.3, 0.4) is 0 Å². The molecule has 1 heterocycles. The Morgan fingerprint density at radius 1 is 1.08 bits per heavy atom. The van der Waals surface area contributed by atoms with Crippen LogP contribution in [-0.4, -0.2) is 28.6 Å². The number of hydrogen-bond donors (Lipinski definition) is 1. The number of para-hydroxylation sites is 1. The number of aliphatic carboxylic acids is 1. The van der Waals surface area contributed by atoms with E-state index in [0.29, 0.717) is 13.2 Å². The SMILES string of the molecule is O=C(O)C1CCCCN1Cc1ccccc1OCc1ccccc1. The predicted octanol–water partition coefficient (Wildman–Crippen LogP) is 3.70. The Morgan fingerprint density at radius 2 is 1.83 bits per heavy atom. The van der Waals surface area contributed by atoms with Crippen molar-refractivity contribution in [2.24, 2.45) is 0 Å². The van der Waals surface area contributed by atoms with Gasteiger partial charge >= 0.3 is 5.97 Å². The summed E-state index contributed by atoms with van der Waals surface area (Å²) in [6, 6.07) is 17.6. The quantitative estimate of drug-likeness (QED) is 0.880. The van der Waals surface area contributed by atoms with Crippen LogP contribution in [0.15, 0.2) is 54.6 Å². The van der Waals surface area contributed by atoms with E-state index in [2.05, 4.69) is 4.90 Å². The van der Waals surface area contributed by atoms with Gasteiger partial charge in [0, 0.05) is 12.1 Å². The average molecular weight is 325 g/mol. The average Bonchev–Trinajstić information content (AvgIpc) is 2.62. The van der Waals surface area contributed by atoms with Crippen molar-refractivity contribution < 1.29 is 14.6 Å². The molecule has 1 aliphatic heterocycles. The number of benzene rings is 2. The smallest absolute Gasteiger partial charge is 0.320 e. The molecular formula is C20H23NO3. The standard InChI is InChI=1S/C20H23NO3/c22-20(23)18-11-6-7-13-21(18)14-17-10-4-5-12-19(17)24-15-16-8-2-1-3-9-16/h1-5,8-10,12,18H,6-7,11,13-15H2,(H,22,23). The van der Waals surface area contributed by atoms with Crippen molar-refractivity contribution in [2.75, 3.05) is 6.54 Å². The molecule has 2 aromatic carbocycles. The molecule has 4 heteroatoms. The first kappa shape index (κ1) is 16.5. The molecule has 1 fully saturated rings. The summed E-state index contributed by atoms with van der Waals surface area (Å²) in [5.74, 6) is 0.105. The van der Waals surface area contributed by atoms with E-state index in [4.69, 9.17) is 4.74 Å². The first-order valence-corrected chi connectivity index (χ1v) is 8.45. The number of ether oxygens (including phenoxy) is 1. The van der Waals surface area contributed by atoms with Crippen molar-refractivity contribution in [3.8, 4) is 5.75 Å². The topological polar surface area (TPSA) is 49.8 Å². The van der Waals surface area contributed by atoms with E-state index in [0.717, 1.165) is 42.7 Å². The number of rotatable bonds is 6. The van der Waals surface area contributed by atoms with Crippen LogP contribution in [0.2, 0.25) is 0 Å². The van der Waals surface area contributed by atoms with Gasteiger partial charge in [0.2, 0.25) is 0 Å². The van der Waals surface area contributed by atoms with E-state index in [9.17, 15) is 9.90 Å². The second-order valence-electron chi connectivity index (χ2n) is 6.20. The van der Waals surface area contributed by atoms with Crippen LogP contribution in [0.1, 0.15) is 30.4 Å². The summed E-state index contributed by atoms with van der Waals surface area (Å²) in [6.07, 6.45) is 2.76. The fraction of sp³-hybridized carbons (Fsp3) is 0.350. The zero-order chi connectivity index (χ0) is 16.8. The molecule has 0 amide bonds. The van der Waals surface area contributed by atoms with Gasteiger partial charge in [0.05, 0.1) is 0 Å². The summed E-state index contributed by atoms with van der Waals surface area (Å²) in [4.78, 5) is 13.5. The molecule has 1 unspecified atom stereocenters. The monoisotopic (exact) mass is 325 g/mol. The fourth-order valence-corrected chi connectivity index (χ4v) is 3.19. The summed E-state index contributed by atoms with van der Waals surface area (Å²) in [7, 11) is 0. The number of carboxylic acids is 1. The van der Waals surface area contributed by atoms with Gasteiger partial charge in [-0.3, -0.25) is 9.69 Å². The molecule has 0 saturated carbocycles. The molecule has 1 N–H and O–H groups in total. The van der Waals surface area contributed by atoms with Gasteiger partial charge in [-0.05, 0) is 31.0 Å². The van der Waals surface area contributed by atoms with Gasteiger partial charge in [-0.1, -0.05) is 55.0 Å². The van der Waals surface area contributed by atoms with Crippen molar-refractivity contribution in [1.29, 1.82) is 0 Å². The van der Waals surface area contributed by atoms with Crippen molar-refractivity contribution in [1.82, 2.24) is 4.90 Å². The highest BCUT2D eigenvalue weighted by Crippen LogP contribution is 2.25. The maximum absolute atomic E-state index is 11.5. The van der Waals surface area contributed by atoms with Gasteiger partial charge in [-0.2, -0.15) is 0 Å². The number of carbonyl (C=O) groups is 1. The zero-order valence-electron chi connectivity index (χ0n) is 13.7. The first-order chi connectivity index (χ1) is 11.7. The maximum Gasteiger partial charge on any atom is 0.320 e. The van der Waals surface area contributed by atoms with Crippen LogP contribution in [0.4, 0.5) is 0 Å². The fourth-order valence-electron chi connectivity index (χ4n) is 3.19. The molecule has 24 heavy (non-hydrogen) atoms. The van der Waals surface area contributed by atoms with E-state index in [-0.39, 0.29) is 6.04 Å². The molecule has 0 aliphatic carbocycles. The Balaban J connectivity index is 1.70. The molecule has 0 bridgehead atoms. The third kappa shape index (κ3) is 4.15. The van der Waals surface area contributed by atoms with Gasteiger partial charge < -0.3 is 9.84 Å². The van der Waals surface area contributed by atoms with Gasteiger partial charge in [0.15, 0.2) is 0 Å². The minimum atomic E-state index is -0.725. The van der Waals surface area contributed by atoms with Crippen LogP contribution in [-0.2, 0) is 17.9 Å². The Hall–Kier alpha value is -2.33. The van der Waals surface area contributed by atoms with Crippen LogP contribution >= 0.6 is 0 Å². The van der Waals surface area contributed by atoms with Crippen molar-refractivity contribution >= 4 is 5.97 Å². The maximum atomic E-state index is 11.5. The Labute approximate surface area is 142 Å².